The topological polar surface area (TPSA) is 56.4 Å². The van der Waals surface area contributed by atoms with E-state index in [0.717, 1.165) is 47.8 Å². The number of nitrogens with two attached hydrogens (primary N) is 1. The molecule has 0 aliphatic carbocycles. The van der Waals surface area contributed by atoms with Crippen LogP contribution in [0.15, 0.2) is 23.1 Å². The number of anilines is 1. The zero-order valence-corrected chi connectivity index (χ0v) is 14.0. The summed E-state index contributed by atoms with van der Waals surface area (Å²) in [7, 11) is 4.31. The van der Waals surface area contributed by atoms with Gasteiger partial charge in [-0.3, -0.25) is 5.41 Å². The van der Waals surface area contributed by atoms with Crippen molar-refractivity contribution >= 4 is 23.3 Å². The Morgan fingerprint density at radius 2 is 2.10 bits per heavy atom. The molecule has 1 saturated heterocycles. The van der Waals surface area contributed by atoms with Gasteiger partial charge in [-0.1, -0.05) is 13.0 Å². The molecule has 116 valence electrons. The third-order valence-electron chi connectivity index (χ3n) is 4.19. The van der Waals surface area contributed by atoms with Crippen LogP contribution in [0.4, 0.5) is 5.69 Å². The van der Waals surface area contributed by atoms with Crippen molar-refractivity contribution in [3.8, 4) is 0 Å². The summed E-state index contributed by atoms with van der Waals surface area (Å²) >= 11 is 1.75. The Bertz CT molecular complexity index is 495. The van der Waals surface area contributed by atoms with Crippen LogP contribution in [-0.2, 0) is 0 Å². The van der Waals surface area contributed by atoms with Crippen molar-refractivity contribution in [2.75, 3.05) is 37.8 Å². The normalized spacial score (nSPS) is 16.9. The highest BCUT2D eigenvalue weighted by Crippen LogP contribution is 2.32. The summed E-state index contributed by atoms with van der Waals surface area (Å²) < 4.78 is 0. The molecule has 0 atom stereocenters. The second kappa shape index (κ2) is 7.18. The van der Waals surface area contributed by atoms with E-state index in [2.05, 4.69) is 49.0 Å². The Labute approximate surface area is 132 Å². The van der Waals surface area contributed by atoms with Crippen molar-refractivity contribution < 1.29 is 0 Å². The van der Waals surface area contributed by atoms with Crippen molar-refractivity contribution in [2.24, 2.45) is 5.73 Å². The highest BCUT2D eigenvalue weighted by atomic mass is 32.2. The van der Waals surface area contributed by atoms with Crippen LogP contribution in [0.25, 0.3) is 0 Å². The van der Waals surface area contributed by atoms with Crippen LogP contribution in [0.5, 0.6) is 0 Å². The monoisotopic (exact) mass is 306 g/mol. The van der Waals surface area contributed by atoms with Crippen LogP contribution >= 0.6 is 11.8 Å². The Hall–Kier alpha value is -1.20. The van der Waals surface area contributed by atoms with Gasteiger partial charge in [0.2, 0.25) is 0 Å². The fraction of sp³-hybridized carbons (Fsp3) is 0.562. The lowest BCUT2D eigenvalue weighted by Gasteiger charge is -2.37. The van der Waals surface area contributed by atoms with Gasteiger partial charge in [0, 0.05) is 23.7 Å². The molecule has 1 aromatic carbocycles. The second-order valence-electron chi connectivity index (χ2n) is 5.64. The van der Waals surface area contributed by atoms with Gasteiger partial charge in [0.1, 0.15) is 5.84 Å². The first-order valence-corrected chi connectivity index (χ1v) is 8.54. The third kappa shape index (κ3) is 3.71. The van der Waals surface area contributed by atoms with Gasteiger partial charge in [-0.25, -0.2) is 0 Å². The number of likely N-dealkylation sites (tertiary alicyclic amines) is 1. The molecule has 21 heavy (non-hydrogen) atoms. The summed E-state index contributed by atoms with van der Waals surface area (Å²) in [4.78, 5) is 5.81. The maximum atomic E-state index is 7.96. The average molecular weight is 306 g/mol. The first-order chi connectivity index (χ1) is 10.0. The molecule has 2 rings (SSSR count). The highest BCUT2D eigenvalue weighted by Gasteiger charge is 2.23. The molecule has 1 fully saturated rings. The van der Waals surface area contributed by atoms with Crippen LogP contribution in [0, 0.1) is 5.41 Å². The Morgan fingerprint density at radius 1 is 1.43 bits per heavy atom. The minimum atomic E-state index is 0.168. The van der Waals surface area contributed by atoms with Crippen molar-refractivity contribution in [2.45, 2.75) is 30.7 Å². The van der Waals surface area contributed by atoms with E-state index in [1.54, 1.807) is 11.8 Å². The summed E-state index contributed by atoms with van der Waals surface area (Å²) in [6.07, 6.45) is 2.32. The summed E-state index contributed by atoms with van der Waals surface area (Å²) in [6, 6.07) is 6.76. The maximum absolute atomic E-state index is 7.96. The molecule has 3 N–H and O–H groups in total. The van der Waals surface area contributed by atoms with Gasteiger partial charge in [-0.05, 0) is 50.9 Å². The fourth-order valence-corrected chi connectivity index (χ4v) is 3.78. The van der Waals surface area contributed by atoms with Crippen molar-refractivity contribution in [3.05, 3.63) is 23.8 Å². The lowest BCUT2D eigenvalue weighted by atomic mass is 10.0. The van der Waals surface area contributed by atoms with Gasteiger partial charge in [-0.15, -0.1) is 11.8 Å². The molecule has 1 aromatic rings. The van der Waals surface area contributed by atoms with Gasteiger partial charge in [0.15, 0.2) is 0 Å². The van der Waals surface area contributed by atoms with Crippen LogP contribution < -0.4 is 10.6 Å². The van der Waals surface area contributed by atoms with Gasteiger partial charge in [0.05, 0.1) is 5.56 Å². The molecule has 0 unspecified atom stereocenters. The van der Waals surface area contributed by atoms with E-state index >= 15 is 0 Å². The van der Waals surface area contributed by atoms with Gasteiger partial charge in [-0.2, -0.15) is 0 Å². The van der Waals surface area contributed by atoms with Crippen LogP contribution in [-0.4, -0.2) is 49.7 Å². The molecule has 1 aliphatic heterocycles. The van der Waals surface area contributed by atoms with E-state index < -0.39 is 0 Å². The van der Waals surface area contributed by atoms with Gasteiger partial charge in [0.25, 0.3) is 0 Å². The quantitative estimate of drug-likeness (QED) is 0.499. The minimum absolute atomic E-state index is 0.168. The molecule has 1 aliphatic rings. The minimum Gasteiger partial charge on any atom is -0.384 e. The van der Waals surface area contributed by atoms with Crippen LogP contribution in [0.1, 0.15) is 25.3 Å². The summed E-state index contributed by atoms with van der Waals surface area (Å²) in [6.45, 7) is 4.39. The SMILES string of the molecule is CCSc1cccc(N(C)C2CCN(C)CC2)c1C(=N)N. The predicted octanol–water partition coefficient (Wildman–Crippen LogP) is 2.61. The number of amidine groups is 1. The number of hydrogen-bond donors (Lipinski definition) is 2. The molecule has 0 saturated carbocycles. The lowest BCUT2D eigenvalue weighted by Crippen LogP contribution is -2.42. The zero-order chi connectivity index (χ0) is 15.4. The molecule has 0 amide bonds. The number of rotatable bonds is 5. The molecule has 0 spiro atoms. The van der Waals surface area contributed by atoms with E-state index in [0.29, 0.717) is 6.04 Å². The van der Waals surface area contributed by atoms with Crippen molar-refractivity contribution in [1.82, 2.24) is 4.90 Å². The molecule has 0 radical (unpaired) electrons. The van der Waals surface area contributed by atoms with E-state index in [4.69, 9.17) is 11.1 Å². The standard InChI is InChI=1S/C16H26N4S/c1-4-21-14-7-5-6-13(15(14)16(17)18)20(3)12-8-10-19(2)11-9-12/h5-7,12H,4,8-11H2,1-3H3,(H3,17,18). The lowest BCUT2D eigenvalue weighted by molar-refractivity contribution is 0.253. The van der Waals surface area contributed by atoms with Gasteiger partial charge < -0.3 is 15.5 Å². The number of nitrogens with zero attached hydrogens (tertiary/aromatic N) is 2. The number of nitrogens with one attached hydrogen (secondary N) is 1. The van der Waals surface area contributed by atoms with Crippen molar-refractivity contribution in [3.63, 3.8) is 0 Å². The number of benzene rings is 1. The first kappa shape index (κ1) is 16.2. The highest BCUT2D eigenvalue weighted by molar-refractivity contribution is 7.99. The number of piperidine rings is 1. The van der Waals surface area contributed by atoms with Gasteiger partial charge >= 0.3 is 0 Å². The largest absolute Gasteiger partial charge is 0.384 e. The molecule has 0 aromatic heterocycles. The molecular formula is C16H26N4S. The molecule has 5 heteroatoms. The Balaban J connectivity index is 2.29. The van der Waals surface area contributed by atoms with E-state index in [1.807, 2.05) is 0 Å². The van der Waals surface area contributed by atoms with E-state index in [9.17, 15) is 0 Å². The van der Waals surface area contributed by atoms with Crippen molar-refractivity contribution in [1.29, 1.82) is 5.41 Å². The number of nitrogen functional groups attached to an aromatic ring is 1. The Kier molecular flexibility index (Phi) is 5.53. The number of hydrogen-bond acceptors (Lipinski definition) is 4. The third-order valence-corrected chi connectivity index (χ3v) is 5.13. The molecule has 1 heterocycles. The maximum Gasteiger partial charge on any atom is 0.126 e. The second-order valence-corrected chi connectivity index (χ2v) is 6.95. The Morgan fingerprint density at radius 3 is 2.67 bits per heavy atom. The molecule has 4 nitrogen and oxygen atoms in total. The van der Waals surface area contributed by atoms with Crippen LogP contribution in [0.2, 0.25) is 0 Å². The summed E-state index contributed by atoms with van der Waals surface area (Å²) in [5, 5.41) is 7.96. The molecule has 0 bridgehead atoms. The molecular weight excluding hydrogens is 280 g/mol. The van der Waals surface area contributed by atoms with E-state index in [1.165, 1.54) is 0 Å². The zero-order valence-electron chi connectivity index (χ0n) is 13.2. The van der Waals surface area contributed by atoms with Crippen LogP contribution in [0.3, 0.4) is 0 Å². The average Bonchev–Trinajstić information content (AvgIpc) is 2.47. The first-order valence-electron chi connectivity index (χ1n) is 7.56. The smallest absolute Gasteiger partial charge is 0.126 e. The summed E-state index contributed by atoms with van der Waals surface area (Å²) in [5.74, 6) is 1.16. The van der Waals surface area contributed by atoms with E-state index in [-0.39, 0.29) is 5.84 Å². The number of thioether (sulfide) groups is 1. The summed E-state index contributed by atoms with van der Waals surface area (Å²) in [5.41, 5.74) is 7.86. The predicted molar refractivity (Wildman–Crippen MR) is 92.8 cm³/mol. The fourth-order valence-electron chi connectivity index (χ4n) is 2.94.